The van der Waals surface area contributed by atoms with Crippen LogP contribution in [0.2, 0.25) is 0 Å². The van der Waals surface area contributed by atoms with Crippen molar-refractivity contribution in [2.24, 2.45) is 5.41 Å². The highest BCUT2D eigenvalue weighted by Crippen LogP contribution is 2.34. The van der Waals surface area contributed by atoms with E-state index in [1.807, 2.05) is 12.1 Å². The Morgan fingerprint density at radius 1 is 1.08 bits per heavy atom. The molecule has 0 radical (unpaired) electrons. The number of benzene rings is 1. The largest absolute Gasteiger partial charge is 0.480 e. The van der Waals surface area contributed by atoms with Crippen molar-refractivity contribution >= 4 is 17.8 Å². The van der Waals surface area contributed by atoms with E-state index in [-0.39, 0.29) is 24.7 Å². The maximum atomic E-state index is 12.8. The maximum Gasteiger partial charge on any atom is 0.335 e. The second-order valence-electron chi connectivity index (χ2n) is 6.55. The molecule has 1 heterocycles. The number of carbonyl (C=O) groups excluding carboxylic acids is 1. The lowest BCUT2D eigenvalue weighted by molar-refractivity contribution is -0.162. The first-order valence-corrected chi connectivity index (χ1v) is 8.72. The molecule has 1 fully saturated rings. The van der Waals surface area contributed by atoms with E-state index in [9.17, 15) is 24.6 Å². The van der Waals surface area contributed by atoms with Crippen LogP contribution in [0.1, 0.15) is 61.4 Å². The number of nitrogens with zero attached hydrogens (tertiary/aromatic N) is 1. The van der Waals surface area contributed by atoms with Gasteiger partial charge in [-0.15, -0.1) is 0 Å². The Morgan fingerprint density at radius 2 is 1.64 bits per heavy atom. The monoisotopic (exact) mass is 347 g/mol. The highest BCUT2D eigenvalue weighted by atomic mass is 16.4. The zero-order valence-electron chi connectivity index (χ0n) is 14.7. The minimum atomic E-state index is -1.36. The first kappa shape index (κ1) is 19.0. The lowest BCUT2D eigenvalue weighted by Gasteiger charge is -2.37. The molecule has 0 saturated carbocycles. The van der Waals surface area contributed by atoms with Crippen molar-refractivity contribution in [3.05, 3.63) is 35.4 Å². The van der Waals surface area contributed by atoms with Gasteiger partial charge < -0.3 is 15.1 Å². The van der Waals surface area contributed by atoms with Crippen molar-refractivity contribution < 1.29 is 24.6 Å². The number of piperidine rings is 1. The molecule has 6 nitrogen and oxygen atoms in total. The fraction of sp³-hybridized carbons (Fsp3) is 0.526. The van der Waals surface area contributed by atoms with Gasteiger partial charge in [-0.3, -0.25) is 9.59 Å². The van der Waals surface area contributed by atoms with Gasteiger partial charge in [-0.1, -0.05) is 32.0 Å². The molecule has 0 aliphatic carbocycles. The zero-order valence-corrected chi connectivity index (χ0v) is 14.7. The van der Waals surface area contributed by atoms with Crippen molar-refractivity contribution in [2.45, 2.75) is 45.4 Å². The van der Waals surface area contributed by atoms with Gasteiger partial charge in [0.05, 0.1) is 5.56 Å². The molecular weight excluding hydrogens is 322 g/mol. The van der Waals surface area contributed by atoms with Crippen molar-refractivity contribution in [2.75, 3.05) is 13.1 Å². The predicted molar refractivity (Wildman–Crippen MR) is 92.6 cm³/mol. The number of rotatable bonds is 6. The smallest absolute Gasteiger partial charge is 0.335 e. The van der Waals surface area contributed by atoms with Gasteiger partial charge in [-0.25, -0.2) is 4.79 Å². The van der Waals surface area contributed by atoms with Crippen LogP contribution < -0.4 is 0 Å². The van der Waals surface area contributed by atoms with E-state index in [0.29, 0.717) is 31.5 Å². The Bertz CT molecular complexity index is 658. The molecule has 6 heteroatoms. The number of hydrogen-bond acceptors (Lipinski definition) is 3. The number of aromatic carboxylic acids is 1. The maximum absolute atomic E-state index is 12.8. The van der Waals surface area contributed by atoms with Crippen LogP contribution in [-0.4, -0.2) is 46.0 Å². The Hall–Kier alpha value is -2.37. The highest BCUT2D eigenvalue weighted by molar-refractivity contribution is 6.01. The Morgan fingerprint density at radius 3 is 2.12 bits per heavy atom. The number of amides is 1. The number of carboxylic acid groups (broad SMARTS) is 2. The minimum Gasteiger partial charge on any atom is -0.480 e. The van der Waals surface area contributed by atoms with Gasteiger partial charge in [0.25, 0.3) is 0 Å². The third-order valence-electron chi connectivity index (χ3n) is 5.44. The molecule has 1 amide bonds. The number of hydrogen-bond donors (Lipinski definition) is 2. The fourth-order valence-corrected chi connectivity index (χ4v) is 3.69. The van der Waals surface area contributed by atoms with Gasteiger partial charge in [-0.2, -0.15) is 0 Å². The van der Waals surface area contributed by atoms with Crippen LogP contribution in [-0.2, 0) is 9.59 Å². The lowest BCUT2D eigenvalue weighted by atomic mass is 9.79. The molecule has 2 N–H and O–H groups in total. The number of likely N-dealkylation sites (tertiary alicyclic amines) is 1. The Kier molecular flexibility index (Phi) is 5.82. The summed E-state index contributed by atoms with van der Waals surface area (Å²) in [5.74, 6) is -2.27. The Balaban J connectivity index is 2.13. The fourth-order valence-electron chi connectivity index (χ4n) is 3.69. The summed E-state index contributed by atoms with van der Waals surface area (Å²) in [5, 5.41) is 18.9. The lowest BCUT2D eigenvalue weighted by Crippen LogP contribution is -2.50. The molecule has 1 aromatic carbocycles. The summed E-state index contributed by atoms with van der Waals surface area (Å²) in [6.45, 7) is 4.36. The van der Waals surface area contributed by atoms with E-state index in [0.717, 1.165) is 5.56 Å². The molecule has 0 spiro atoms. The standard InChI is InChI=1S/C19H25NO5/c1-3-19(4-2,18(24)25)17(23)20-11-9-13(10-12-20)14-7-5-6-8-15(14)16(21)22/h5-8,13H,3-4,9-12H2,1-2H3,(H,21,22)(H,24,25). The molecular formula is C19H25NO5. The van der Waals surface area contributed by atoms with Gasteiger partial charge in [0.1, 0.15) is 5.41 Å². The summed E-state index contributed by atoms with van der Waals surface area (Å²) in [5.41, 5.74) is -0.266. The molecule has 1 aliphatic rings. The highest BCUT2D eigenvalue weighted by Gasteiger charge is 2.45. The molecule has 1 aromatic rings. The Labute approximate surface area is 147 Å². The van der Waals surface area contributed by atoms with Crippen molar-refractivity contribution in [3.8, 4) is 0 Å². The normalized spacial score (nSPS) is 15.8. The quantitative estimate of drug-likeness (QED) is 0.772. The third-order valence-corrected chi connectivity index (χ3v) is 5.44. The first-order valence-electron chi connectivity index (χ1n) is 8.72. The number of aliphatic carboxylic acids is 1. The first-order chi connectivity index (χ1) is 11.9. The minimum absolute atomic E-state index is 0.0684. The zero-order chi connectivity index (χ0) is 18.6. The molecule has 25 heavy (non-hydrogen) atoms. The summed E-state index contributed by atoms with van der Waals surface area (Å²) >= 11 is 0. The van der Waals surface area contributed by atoms with Gasteiger partial charge >= 0.3 is 11.9 Å². The molecule has 136 valence electrons. The van der Waals surface area contributed by atoms with Crippen LogP contribution in [0.5, 0.6) is 0 Å². The topological polar surface area (TPSA) is 94.9 Å². The van der Waals surface area contributed by atoms with Crippen molar-refractivity contribution in [1.82, 2.24) is 4.90 Å². The van der Waals surface area contributed by atoms with Crippen LogP contribution in [0.25, 0.3) is 0 Å². The molecule has 0 unspecified atom stereocenters. The van der Waals surface area contributed by atoms with Crippen LogP contribution in [0.3, 0.4) is 0 Å². The van der Waals surface area contributed by atoms with E-state index < -0.39 is 17.4 Å². The van der Waals surface area contributed by atoms with Crippen LogP contribution in [0.4, 0.5) is 0 Å². The van der Waals surface area contributed by atoms with Crippen LogP contribution >= 0.6 is 0 Å². The van der Waals surface area contributed by atoms with E-state index in [4.69, 9.17) is 0 Å². The van der Waals surface area contributed by atoms with Crippen molar-refractivity contribution in [1.29, 1.82) is 0 Å². The average Bonchev–Trinajstić information content (AvgIpc) is 2.63. The SMILES string of the molecule is CCC(CC)(C(=O)O)C(=O)N1CCC(c2ccccc2C(=O)O)CC1. The van der Waals surface area contributed by atoms with Gasteiger partial charge in [0.15, 0.2) is 0 Å². The summed E-state index contributed by atoms with van der Waals surface area (Å²) in [4.78, 5) is 37.5. The summed E-state index contributed by atoms with van der Waals surface area (Å²) < 4.78 is 0. The molecule has 2 rings (SSSR count). The predicted octanol–water partition coefficient (Wildman–Crippen LogP) is 2.98. The van der Waals surface area contributed by atoms with E-state index in [1.54, 1.807) is 30.9 Å². The summed E-state index contributed by atoms with van der Waals surface area (Å²) in [6.07, 6.45) is 1.80. The van der Waals surface area contributed by atoms with E-state index in [1.165, 1.54) is 0 Å². The van der Waals surface area contributed by atoms with E-state index >= 15 is 0 Å². The second kappa shape index (κ2) is 7.68. The van der Waals surface area contributed by atoms with Crippen LogP contribution in [0, 0.1) is 5.41 Å². The average molecular weight is 347 g/mol. The number of carboxylic acids is 2. The summed E-state index contributed by atoms with van der Waals surface area (Å²) in [7, 11) is 0. The molecule has 1 aliphatic heterocycles. The molecule has 0 aromatic heterocycles. The van der Waals surface area contributed by atoms with Gasteiger partial charge in [0.2, 0.25) is 5.91 Å². The number of carbonyl (C=O) groups is 3. The molecule has 1 saturated heterocycles. The summed E-state index contributed by atoms with van der Waals surface area (Å²) in [6, 6.07) is 6.95. The second-order valence-corrected chi connectivity index (χ2v) is 6.55. The van der Waals surface area contributed by atoms with Gasteiger partial charge in [0, 0.05) is 13.1 Å². The van der Waals surface area contributed by atoms with Gasteiger partial charge in [-0.05, 0) is 43.2 Å². The molecule has 0 atom stereocenters. The third kappa shape index (κ3) is 3.52. The van der Waals surface area contributed by atoms with Crippen LogP contribution in [0.15, 0.2) is 24.3 Å². The van der Waals surface area contributed by atoms with Crippen molar-refractivity contribution in [3.63, 3.8) is 0 Å². The van der Waals surface area contributed by atoms with E-state index in [2.05, 4.69) is 0 Å². The molecule has 0 bridgehead atoms.